The highest BCUT2D eigenvalue weighted by Crippen LogP contribution is 2.65. The second-order valence-corrected chi connectivity index (χ2v) is 20.3. The fraction of sp³-hybridized carbons (Fsp3) is 0.0270. The Kier molecular flexibility index (Phi) is 10.0. The van der Waals surface area contributed by atoms with Crippen molar-refractivity contribution in [1.82, 2.24) is 0 Å². The summed E-state index contributed by atoms with van der Waals surface area (Å²) in [5.41, 5.74) is 25.5. The largest absolute Gasteiger partial charge is 0.310 e. The highest BCUT2D eigenvalue weighted by molar-refractivity contribution is 5.99. The van der Waals surface area contributed by atoms with Gasteiger partial charge >= 0.3 is 0 Å². The highest BCUT2D eigenvalue weighted by Gasteiger charge is 2.52. The molecular formula is C74H50N2. The summed E-state index contributed by atoms with van der Waals surface area (Å²) in [6.45, 7) is 0. The van der Waals surface area contributed by atoms with Crippen LogP contribution in [0.4, 0.5) is 34.1 Å². The number of hydrogen-bond acceptors (Lipinski definition) is 2. The number of benzene rings is 12. The summed E-state index contributed by atoms with van der Waals surface area (Å²) < 4.78 is 0. The van der Waals surface area contributed by atoms with Gasteiger partial charge in [0, 0.05) is 34.0 Å². The number of anilines is 6. The zero-order valence-corrected chi connectivity index (χ0v) is 41.8. The molecule has 2 nitrogen and oxygen atoms in total. The summed E-state index contributed by atoms with van der Waals surface area (Å²) in [4.78, 5) is 4.93. The lowest BCUT2D eigenvalue weighted by Crippen LogP contribution is -2.28. The fourth-order valence-electron chi connectivity index (χ4n) is 13.5. The van der Waals surface area contributed by atoms with E-state index in [1.807, 2.05) is 0 Å². The fourth-order valence-corrected chi connectivity index (χ4v) is 13.5. The summed E-state index contributed by atoms with van der Waals surface area (Å²) in [5.74, 6) is 0. The molecule has 3 aliphatic rings. The minimum Gasteiger partial charge on any atom is -0.310 e. The van der Waals surface area contributed by atoms with Crippen molar-refractivity contribution in [3.63, 3.8) is 0 Å². The Bertz CT molecular complexity index is 4080. The maximum atomic E-state index is 2.54. The smallest absolute Gasteiger partial charge is 0.0727 e. The van der Waals surface area contributed by atoms with Gasteiger partial charge in [0.1, 0.15) is 0 Å². The Hall–Kier alpha value is -9.76. The maximum absolute atomic E-state index is 2.54. The van der Waals surface area contributed by atoms with Gasteiger partial charge in [0.25, 0.3) is 0 Å². The molecule has 0 aliphatic heterocycles. The van der Waals surface area contributed by atoms with Crippen LogP contribution in [0.25, 0.3) is 44.5 Å². The monoisotopic (exact) mass is 966 g/mol. The predicted molar refractivity (Wildman–Crippen MR) is 315 cm³/mol. The van der Waals surface area contributed by atoms with Crippen LogP contribution < -0.4 is 9.80 Å². The van der Waals surface area contributed by atoms with Crippen molar-refractivity contribution in [3.8, 4) is 44.5 Å². The third-order valence-electron chi connectivity index (χ3n) is 16.5. The molecule has 76 heavy (non-hydrogen) atoms. The average Bonchev–Trinajstić information content (AvgIpc) is 4.27. The van der Waals surface area contributed by atoms with Crippen LogP contribution in [-0.4, -0.2) is 0 Å². The molecule has 0 saturated heterocycles. The highest BCUT2D eigenvalue weighted by atomic mass is 15.1. The van der Waals surface area contributed by atoms with E-state index in [2.05, 4.69) is 313 Å². The van der Waals surface area contributed by atoms with E-state index >= 15 is 0 Å². The molecule has 0 bridgehead atoms. The minimum atomic E-state index is -0.622. The van der Waals surface area contributed by atoms with Crippen molar-refractivity contribution in [1.29, 1.82) is 0 Å². The van der Waals surface area contributed by atoms with Gasteiger partial charge in [-0.3, -0.25) is 0 Å². The van der Waals surface area contributed by atoms with E-state index < -0.39 is 10.8 Å². The quantitative estimate of drug-likeness (QED) is 0.142. The first-order chi connectivity index (χ1) is 37.7. The Morgan fingerprint density at radius 3 is 0.961 bits per heavy atom. The number of fused-ring (bicyclic) bond motifs is 13. The van der Waals surface area contributed by atoms with Crippen LogP contribution in [0.1, 0.15) is 44.5 Å². The normalized spacial score (nSPS) is 14.7. The molecule has 1 unspecified atom stereocenters. The second kappa shape index (κ2) is 17.4. The van der Waals surface area contributed by atoms with Crippen LogP contribution in [0.2, 0.25) is 0 Å². The first-order valence-electron chi connectivity index (χ1n) is 26.4. The SMILES string of the molecule is c1ccc(-c2ccccc2N(c2ccc3c(c2)C(c2ccccc2)(c2ccccc2)c2ccccc2-3)c2ccc3c(c2)C2(c4ccccc4-c4ccc(N(c5ccccc5)c5ccccc5)cc42)c2ccccc2-3)cc1. The van der Waals surface area contributed by atoms with Crippen molar-refractivity contribution in [2.24, 2.45) is 0 Å². The van der Waals surface area contributed by atoms with Crippen molar-refractivity contribution < 1.29 is 0 Å². The van der Waals surface area contributed by atoms with Gasteiger partial charge in [0.15, 0.2) is 0 Å². The van der Waals surface area contributed by atoms with Crippen molar-refractivity contribution in [3.05, 3.63) is 348 Å². The standard InChI is InChI=1S/C74H50N2/c1-6-24-51(25-7-1)59-34-19-23-41-72(59)76(57-43-46-63-60-35-16-20-38-66(60)73(69(63)49-57,52-26-8-2-9-27-52)53-28-10-3-11-29-53)58-44-47-65-62-37-18-22-40-68(62)74(71(65)50-58)67-39-21-17-36-61(67)64-45-42-56(48-70(64)74)75(54-30-12-4-13-31-54)55-32-14-5-15-33-55/h1-50H. The van der Waals surface area contributed by atoms with E-state index in [1.165, 1.54) is 77.9 Å². The van der Waals surface area contributed by atoms with Crippen LogP contribution in [0.15, 0.2) is 303 Å². The Labute approximate surface area is 444 Å². The molecular weight excluding hydrogens is 917 g/mol. The van der Waals surface area contributed by atoms with Crippen LogP contribution in [0.5, 0.6) is 0 Å². The molecule has 0 radical (unpaired) electrons. The predicted octanol–water partition coefficient (Wildman–Crippen LogP) is 19.0. The third kappa shape index (κ3) is 6.34. The van der Waals surface area contributed by atoms with Crippen molar-refractivity contribution in [2.75, 3.05) is 9.80 Å². The van der Waals surface area contributed by atoms with Gasteiger partial charge in [-0.1, -0.05) is 237 Å². The van der Waals surface area contributed by atoms with E-state index in [-0.39, 0.29) is 0 Å². The molecule has 1 atom stereocenters. The number of rotatable bonds is 9. The molecule has 0 saturated carbocycles. The second-order valence-electron chi connectivity index (χ2n) is 20.3. The third-order valence-corrected chi connectivity index (χ3v) is 16.5. The average molecular weight is 967 g/mol. The summed E-state index contributed by atoms with van der Waals surface area (Å²) in [6, 6.07) is 113. The lowest BCUT2D eigenvalue weighted by molar-refractivity contribution is 0.768. The van der Waals surface area contributed by atoms with Gasteiger partial charge in [-0.25, -0.2) is 0 Å². The van der Waals surface area contributed by atoms with Crippen molar-refractivity contribution in [2.45, 2.75) is 10.8 Å². The van der Waals surface area contributed by atoms with E-state index in [9.17, 15) is 0 Å². The summed E-state index contributed by atoms with van der Waals surface area (Å²) in [5, 5.41) is 0. The zero-order chi connectivity index (χ0) is 50.2. The summed E-state index contributed by atoms with van der Waals surface area (Å²) in [7, 11) is 0. The van der Waals surface area contributed by atoms with Crippen LogP contribution >= 0.6 is 0 Å². The van der Waals surface area contributed by atoms with E-state index in [0.29, 0.717) is 0 Å². The lowest BCUT2D eigenvalue weighted by atomic mass is 9.67. The zero-order valence-electron chi connectivity index (χ0n) is 41.8. The van der Waals surface area contributed by atoms with E-state index in [4.69, 9.17) is 0 Å². The van der Waals surface area contributed by atoms with Gasteiger partial charge in [-0.05, 0) is 150 Å². The van der Waals surface area contributed by atoms with Gasteiger partial charge < -0.3 is 9.80 Å². The van der Waals surface area contributed by atoms with E-state index in [0.717, 1.165) is 45.3 Å². The molecule has 2 heteroatoms. The van der Waals surface area contributed by atoms with Crippen LogP contribution in [0, 0.1) is 0 Å². The molecule has 15 rings (SSSR count). The Balaban J connectivity index is 1.00. The number of hydrogen-bond donors (Lipinski definition) is 0. The van der Waals surface area contributed by atoms with Crippen molar-refractivity contribution >= 4 is 34.1 Å². The Morgan fingerprint density at radius 2 is 0.513 bits per heavy atom. The molecule has 3 aliphatic carbocycles. The van der Waals surface area contributed by atoms with Crippen LogP contribution in [-0.2, 0) is 10.8 Å². The molecule has 0 amide bonds. The lowest BCUT2D eigenvalue weighted by Gasteiger charge is -2.35. The first kappa shape index (κ1) is 43.8. The number of nitrogens with zero attached hydrogens (tertiary/aromatic N) is 2. The molecule has 1 spiro atoms. The molecule has 0 N–H and O–H groups in total. The van der Waals surface area contributed by atoms with Gasteiger partial charge in [-0.2, -0.15) is 0 Å². The Morgan fingerprint density at radius 1 is 0.197 bits per heavy atom. The molecule has 12 aromatic rings. The topological polar surface area (TPSA) is 6.48 Å². The number of para-hydroxylation sites is 3. The summed E-state index contributed by atoms with van der Waals surface area (Å²) in [6.07, 6.45) is 0. The van der Waals surface area contributed by atoms with Gasteiger partial charge in [0.2, 0.25) is 0 Å². The maximum Gasteiger partial charge on any atom is 0.0727 e. The summed E-state index contributed by atoms with van der Waals surface area (Å²) >= 11 is 0. The van der Waals surface area contributed by atoms with Gasteiger partial charge in [0.05, 0.1) is 16.5 Å². The molecule has 0 aromatic heterocycles. The van der Waals surface area contributed by atoms with E-state index in [1.54, 1.807) is 0 Å². The van der Waals surface area contributed by atoms with Crippen LogP contribution in [0.3, 0.4) is 0 Å². The molecule has 0 fully saturated rings. The van der Waals surface area contributed by atoms with Gasteiger partial charge in [-0.15, -0.1) is 0 Å². The molecule has 356 valence electrons. The minimum absolute atomic E-state index is 0.568. The molecule has 0 heterocycles. The first-order valence-corrected chi connectivity index (χ1v) is 26.4. The molecule has 12 aromatic carbocycles.